The van der Waals surface area contributed by atoms with Crippen LogP contribution < -0.4 is 0 Å². The minimum atomic E-state index is -0.438. The summed E-state index contributed by atoms with van der Waals surface area (Å²) in [5, 5.41) is 0.914. The molecule has 1 amide bonds. The fraction of sp³-hybridized carbons (Fsp3) is 0.316. The lowest BCUT2D eigenvalue weighted by atomic mass is 10.1. The molecule has 0 atom stereocenters. The van der Waals surface area contributed by atoms with Gasteiger partial charge in [-0.05, 0) is 39.0 Å². The molecule has 0 N–H and O–H groups in total. The minimum absolute atomic E-state index is 0.144. The standard InChI is InChI=1S/C19H22N2O3/c1-4-21(5-2)19(23)18-15(11-12-17(22)24-6-3)13-14-9-7-8-10-16(14)20-18/h7-13H,4-6H2,1-3H3/b12-11+. The van der Waals surface area contributed by atoms with Crippen LogP contribution in [0.1, 0.15) is 36.8 Å². The molecule has 0 saturated heterocycles. The number of hydrogen-bond acceptors (Lipinski definition) is 4. The van der Waals surface area contributed by atoms with Crippen molar-refractivity contribution in [1.82, 2.24) is 9.88 Å². The lowest BCUT2D eigenvalue weighted by Crippen LogP contribution is -2.31. The van der Waals surface area contributed by atoms with Crippen molar-refractivity contribution in [2.75, 3.05) is 19.7 Å². The van der Waals surface area contributed by atoms with Gasteiger partial charge in [0.25, 0.3) is 5.91 Å². The van der Waals surface area contributed by atoms with Crippen molar-refractivity contribution in [3.05, 3.63) is 47.7 Å². The summed E-state index contributed by atoms with van der Waals surface area (Å²) in [4.78, 5) is 30.6. The van der Waals surface area contributed by atoms with E-state index in [2.05, 4.69) is 4.98 Å². The van der Waals surface area contributed by atoms with E-state index >= 15 is 0 Å². The van der Waals surface area contributed by atoms with Crippen molar-refractivity contribution in [2.24, 2.45) is 0 Å². The lowest BCUT2D eigenvalue weighted by molar-refractivity contribution is -0.137. The summed E-state index contributed by atoms with van der Waals surface area (Å²) in [7, 11) is 0. The number of fused-ring (bicyclic) bond motifs is 1. The van der Waals surface area contributed by atoms with E-state index < -0.39 is 5.97 Å². The van der Waals surface area contributed by atoms with Gasteiger partial charge in [0.05, 0.1) is 12.1 Å². The molecule has 1 aromatic heterocycles. The monoisotopic (exact) mass is 326 g/mol. The van der Waals surface area contributed by atoms with Crippen molar-refractivity contribution < 1.29 is 14.3 Å². The molecule has 0 aliphatic heterocycles. The fourth-order valence-corrected chi connectivity index (χ4v) is 2.44. The number of rotatable bonds is 6. The van der Waals surface area contributed by atoms with Gasteiger partial charge in [-0.25, -0.2) is 9.78 Å². The Morgan fingerprint density at radius 2 is 1.88 bits per heavy atom. The highest BCUT2D eigenvalue weighted by Crippen LogP contribution is 2.19. The van der Waals surface area contributed by atoms with Gasteiger partial charge in [-0.15, -0.1) is 0 Å². The highest BCUT2D eigenvalue weighted by Gasteiger charge is 2.18. The Kier molecular flexibility index (Phi) is 6.07. The van der Waals surface area contributed by atoms with Gasteiger partial charge in [-0.3, -0.25) is 4.79 Å². The number of para-hydroxylation sites is 1. The van der Waals surface area contributed by atoms with Gasteiger partial charge < -0.3 is 9.64 Å². The third-order valence-electron chi connectivity index (χ3n) is 3.69. The third kappa shape index (κ3) is 3.98. The summed E-state index contributed by atoms with van der Waals surface area (Å²) < 4.78 is 4.90. The summed E-state index contributed by atoms with van der Waals surface area (Å²) in [6.45, 7) is 7.12. The van der Waals surface area contributed by atoms with Crippen LogP contribution >= 0.6 is 0 Å². The maximum Gasteiger partial charge on any atom is 0.330 e. The van der Waals surface area contributed by atoms with Crippen molar-refractivity contribution in [2.45, 2.75) is 20.8 Å². The maximum atomic E-state index is 12.8. The Bertz CT molecular complexity index is 764. The zero-order valence-electron chi connectivity index (χ0n) is 14.3. The normalized spacial score (nSPS) is 11.0. The molecular formula is C19H22N2O3. The second-order valence-corrected chi connectivity index (χ2v) is 5.18. The molecule has 0 radical (unpaired) electrons. The second kappa shape index (κ2) is 8.24. The minimum Gasteiger partial charge on any atom is -0.463 e. The highest BCUT2D eigenvalue weighted by molar-refractivity contribution is 6.00. The summed E-state index contributed by atoms with van der Waals surface area (Å²) in [5.41, 5.74) is 1.71. The van der Waals surface area contributed by atoms with Gasteiger partial charge >= 0.3 is 5.97 Å². The van der Waals surface area contributed by atoms with Crippen LogP contribution in [0.3, 0.4) is 0 Å². The molecule has 0 spiro atoms. The number of aromatic nitrogens is 1. The van der Waals surface area contributed by atoms with E-state index in [4.69, 9.17) is 4.74 Å². The largest absolute Gasteiger partial charge is 0.463 e. The molecule has 0 saturated carbocycles. The number of ether oxygens (including phenoxy) is 1. The van der Waals surface area contributed by atoms with Crippen LogP contribution in [0.2, 0.25) is 0 Å². The first kappa shape index (κ1) is 17.7. The van der Waals surface area contributed by atoms with E-state index in [1.165, 1.54) is 6.08 Å². The molecule has 0 fully saturated rings. The van der Waals surface area contributed by atoms with Crippen molar-refractivity contribution in [3.63, 3.8) is 0 Å². The molecular weight excluding hydrogens is 304 g/mol. The third-order valence-corrected chi connectivity index (χ3v) is 3.69. The molecule has 0 bridgehead atoms. The van der Waals surface area contributed by atoms with Crippen molar-refractivity contribution in [3.8, 4) is 0 Å². The summed E-state index contributed by atoms with van der Waals surface area (Å²) in [6, 6.07) is 9.46. The molecule has 5 heteroatoms. The molecule has 1 heterocycles. The first-order chi connectivity index (χ1) is 11.6. The average molecular weight is 326 g/mol. The smallest absolute Gasteiger partial charge is 0.330 e. The van der Waals surface area contributed by atoms with E-state index in [1.54, 1.807) is 17.9 Å². The van der Waals surface area contributed by atoms with Gasteiger partial charge in [0.2, 0.25) is 0 Å². The van der Waals surface area contributed by atoms with Gasteiger partial charge in [0.1, 0.15) is 5.69 Å². The zero-order valence-corrected chi connectivity index (χ0v) is 14.3. The topological polar surface area (TPSA) is 59.5 Å². The molecule has 0 aliphatic carbocycles. The molecule has 126 valence electrons. The quantitative estimate of drug-likeness (QED) is 0.604. The number of hydrogen-bond donors (Lipinski definition) is 0. The maximum absolute atomic E-state index is 12.8. The van der Waals surface area contributed by atoms with Crippen LogP contribution in [0.5, 0.6) is 0 Å². The number of carbonyl (C=O) groups is 2. The van der Waals surface area contributed by atoms with Crippen molar-refractivity contribution >= 4 is 28.9 Å². The summed E-state index contributed by atoms with van der Waals surface area (Å²) in [6.07, 6.45) is 2.92. The lowest BCUT2D eigenvalue weighted by Gasteiger charge is -2.19. The van der Waals surface area contributed by atoms with Crippen molar-refractivity contribution in [1.29, 1.82) is 0 Å². The van der Waals surface area contributed by atoms with Gasteiger partial charge in [0, 0.05) is 30.1 Å². The first-order valence-corrected chi connectivity index (χ1v) is 8.14. The van der Waals surface area contributed by atoms with E-state index in [0.29, 0.717) is 31.0 Å². The molecule has 2 rings (SSSR count). The van der Waals surface area contributed by atoms with Gasteiger partial charge in [-0.2, -0.15) is 0 Å². The predicted molar refractivity (Wildman–Crippen MR) is 94.7 cm³/mol. The van der Waals surface area contributed by atoms with E-state index in [0.717, 1.165) is 10.9 Å². The molecule has 0 aliphatic rings. The van der Waals surface area contributed by atoms with E-state index in [9.17, 15) is 9.59 Å². The van der Waals surface area contributed by atoms with Crippen LogP contribution in [-0.4, -0.2) is 41.5 Å². The van der Waals surface area contributed by atoms with Gasteiger partial charge in [0.15, 0.2) is 0 Å². The van der Waals surface area contributed by atoms with E-state index in [-0.39, 0.29) is 5.91 Å². The molecule has 1 aromatic carbocycles. The van der Waals surface area contributed by atoms with Crippen LogP contribution in [0.15, 0.2) is 36.4 Å². The van der Waals surface area contributed by atoms with Crippen LogP contribution in [0.4, 0.5) is 0 Å². The first-order valence-electron chi connectivity index (χ1n) is 8.14. The predicted octanol–water partition coefficient (Wildman–Crippen LogP) is 3.29. The fourth-order valence-electron chi connectivity index (χ4n) is 2.44. The van der Waals surface area contributed by atoms with Crippen LogP contribution in [0, 0.1) is 0 Å². The van der Waals surface area contributed by atoms with Crippen LogP contribution in [-0.2, 0) is 9.53 Å². The highest BCUT2D eigenvalue weighted by atomic mass is 16.5. The second-order valence-electron chi connectivity index (χ2n) is 5.18. The Morgan fingerprint density at radius 3 is 2.54 bits per heavy atom. The SMILES string of the molecule is CCOC(=O)/C=C/c1cc2ccccc2nc1C(=O)N(CC)CC. The Balaban J connectivity index is 2.51. The summed E-state index contributed by atoms with van der Waals surface area (Å²) in [5.74, 6) is -0.582. The molecule has 5 nitrogen and oxygen atoms in total. The number of pyridine rings is 1. The Labute approximate surface area is 141 Å². The number of nitrogens with zero attached hydrogens (tertiary/aromatic N) is 2. The van der Waals surface area contributed by atoms with E-state index in [1.807, 2.05) is 44.2 Å². The van der Waals surface area contributed by atoms with Gasteiger partial charge in [-0.1, -0.05) is 18.2 Å². The zero-order chi connectivity index (χ0) is 17.5. The number of amides is 1. The Morgan fingerprint density at radius 1 is 1.17 bits per heavy atom. The molecule has 2 aromatic rings. The van der Waals surface area contributed by atoms with Crippen LogP contribution in [0.25, 0.3) is 17.0 Å². The Hall–Kier alpha value is -2.69. The summed E-state index contributed by atoms with van der Waals surface area (Å²) >= 11 is 0. The number of esters is 1. The molecule has 0 unspecified atom stereocenters. The average Bonchev–Trinajstić information content (AvgIpc) is 2.60. The number of benzene rings is 1. The molecule has 24 heavy (non-hydrogen) atoms. The number of carbonyl (C=O) groups excluding carboxylic acids is 2.